The van der Waals surface area contributed by atoms with Gasteiger partial charge in [0.25, 0.3) is 0 Å². The lowest BCUT2D eigenvalue weighted by Crippen LogP contribution is -2.53. The predicted octanol–water partition coefficient (Wildman–Crippen LogP) is 5.83. The van der Waals surface area contributed by atoms with Gasteiger partial charge in [0.2, 0.25) is 5.92 Å². The second-order valence-electron chi connectivity index (χ2n) is 9.32. The summed E-state index contributed by atoms with van der Waals surface area (Å²) in [5.41, 5.74) is 3.27. The van der Waals surface area contributed by atoms with E-state index < -0.39 is 17.9 Å². The maximum Gasteiger partial charge on any atom is 0.333 e. The molecule has 1 unspecified atom stereocenters. The summed E-state index contributed by atoms with van der Waals surface area (Å²) in [5, 5.41) is 4.84. The average Bonchev–Trinajstić information content (AvgIpc) is 3.39. The van der Waals surface area contributed by atoms with Gasteiger partial charge in [0, 0.05) is 59.9 Å². The molecule has 0 amide bonds. The highest BCUT2D eigenvalue weighted by molar-refractivity contribution is 5.88. The van der Waals surface area contributed by atoms with Crippen LogP contribution in [-0.4, -0.2) is 39.2 Å². The van der Waals surface area contributed by atoms with Crippen molar-refractivity contribution in [3.8, 4) is 5.75 Å². The van der Waals surface area contributed by atoms with Crippen LogP contribution in [-0.2, 0) is 6.54 Å². The Balaban J connectivity index is 1.50. The summed E-state index contributed by atoms with van der Waals surface area (Å²) in [6.07, 6.45) is 5.56. The van der Waals surface area contributed by atoms with Gasteiger partial charge in [0.1, 0.15) is 5.75 Å². The number of nitrogens with zero attached hydrogens (tertiary/aromatic N) is 3. The number of hydrogen-bond acceptors (Lipinski definition) is 3. The van der Waals surface area contributed by atoms with E-state index in [0.29, 0.717) is 36.2 Å². The lowest BCUT2D eigenvalue weighted by molar-refractivity contribution is -0.186. The van der Waals surface area contributed by atoms with Gasteiger partial charge in [0.15, 0.2) is 0 Å². The highest BCUT2D eigenvalue weighted by atomic mass is 19.3. The van der Waals surface area contributed by atoms with Crippen molar-refractivity contribution in [1.82, 2.24) is 19.7 Å². The van der Waals surface area contributed by atoms with Gasteiger partial charge < -0.3 is 9.72 Å². The minimum atomic E-state index is -2.74. The highest BCUT2D eigenvalue weighted by Crippen LogP contribution is 2.60. The predicted molar refractivity (Wildman–Crippen MR) is 112 cm³/mol. The molecule has 9 heteroatoms. The zero-order valence-electron chi connectivity index (χ0n) is 18.0. The number of halogens is 4. The molecule has 0 bridgehead atoms. The third kappa shape index (κ3) is 3.56. The van der Waals surface area contributed by atoms with E-state index in [-0.39, 0.29) is 18.9 Å². The van der Waals surface area contributed by atoms with Crippen molar-refractivity contribution in [3.63, 3.8) is 0 Å². The Hall–Kier alpha value is -2.55. The van der Waals surface area contributed by atoms with Gasteiger partial charge in [-0.1, -0.05) is 0 Å². The fraction of sp³-hybridized carbons (Fsp3) is 0.522. The van der Waals surface area contributed by atoms with Gasteiger partial charge in [-0.25, -0.2) is 13.5 Å². The third-order valence-corrected chi connectivity index (χ3v) is 7.16. The van der Waals surface area contributed by atoms with Crippen LogP contribution in [0.15, 0.2) is 30.7 Å². The van der Waals surface area contributed by atoms with Crippen LogP contribution in [0, 0.1) is 12.3 Å². The summed E-state index contributed by atoms with van der Waals surface area (Å²) < 4.78 is 60.2. The Morgan fingerprint density at radius 3 is 2.75 bits per heavy atom. The maximum atomic E-state index is 13.8. The van der Waals surface area contributed by atoms with Crippen molar-refractivity contribution in [2.75, 3.05) is 13.7 Å². The lowest BCUT2D eigenvalue weighted by Gasteiger charge is -2.54. The van der Waals surface area contributed by atoms with Gasteiger partial charge in [-0.3, -0.25) is 4.90 Å². The molecule has 1 aliphatic carbocycles. The number of H-pyrrole nitrogens is 1. The number of rotatable bonds is 5. The van der Waals surface area contributed by atoms with Gasteiger partial charge in [-0.15, -0.1) is 0 Å². The fourth-order valence-corrected chi connectivity index (χ4v) is 5.68. The molecular weight excluding hydrogens is 424 g/mol. The number of aryl methyl sites for hydroxylation is 1. The number of methoxy groups -OCH3 is 1. The average molecular weight is 450 g/mol. The van der Waals surface area contributed by atoms with Gasteiger partial charge in [-0.2, -0.15) is 13.9 Å². The Bertz CT molecular complexity index is 1130. The number of benzene rings is 1. The van der Waals surface area contributed by atoms with Crippen LogP contribution in [0.25, 0.3) is 10.9 Å². The van der Waals surface area contributed by atoms with E-state index in [9.17, 15) is 17.6 Å². The number of nitrogens with one attached hydrogen (secondary N) is 1. The molecule has 1 saturated heterocycles. The maximum absolute atomic E-state index is 13.8. The fourth-order valence-electron chi connectivity index (χ4n) is 5.68. The molecular formula is C23H26F4N4O. The molecule has 0 radical (unpaired) electrons. The molecule has 5 nitrogen and oxygen atoms in total. The zero-order chi connectivity index (χ0) is 22.7. The first-order chi connectivity index (χ1) is 15.2. The van der Waals surface area contributed by atoms with Crippen molar-refractivity contribution in [2.24, 2.45) is 5.41 Å². The molecule has 5 rings (SSSR count). The van der Waals surface area contributed by atoms with Crippen LogP contribution < -0.4 is 4.74 Å². The van der Waals surface area contributed by atoms with E-state index in [1.54, 1.807) is 7.11 Å². The summed E-state index contributed by atoms with van der Waals surface area (Å²) >= 11 is 0. The Labute approximate surface area is 183 Å². The van der Waals surface area contributed by atoms with Crippen LogP contribution >= 0.6 is 0 Å². The SMILES string of the molecule is COc1cc(C)c2[nH]ccc2c1CN1CCC2(CC1c1cnn(C(F)F)c1)CC(F)(F)C2. The summed E-state index contributed by atoms with van der Waals surface area (Å²) in [6.45, 7) is 0.395. The Morgan fingerprint density at radius 2 is 2.09 bits per heavy atom. The first kappa shape index (κ1) is 21.3. The molecule has 172 valence electrons. The molecule has 1 saturated carbocycles. The monoisotopic (exact) mass is 450 g/mol. The number of alkyl halides is 4. The molecule has 3 aromatic rings. The molecule has 32 heavy (non-hydrogen) atoms. The van der Waals surface area contributed by atoms with Crippen LogP contribution in [0.1, 0.15) is 55.0 Å². The van der Waals surface area contributed by atoms with E-state index in [1.165, 1.54) is 12.4 Å². The van der Waals surface area contributed by atoms with E-state index in [1.807, 2.05) is 25.3 Å². The second kappa shape index (κ2) is 7.50. The first-order valence-electron chi connectivity index (χ1n) is 10.8. The van der Waals surface area contributed by atoms with E-state index in [0.717, 1.165) is 27.8 Å². The number of likely N-dealkylation sites (tertiary alicyclic amines) is 1. The van der Waals surface area contributed by atoms with Crippen LogP contribution in [0.5, 0.6) is 5.75 Å². The lowest BCUT2D eigenvalue weighted by atomic mass is 9.59. The molecule has 1 N–H and O–H groups in total. The standard InChI is InChI=1S/C23H26F4N4O/c1-14-7-19(32-2)17(16-3-5-28-20(14)16)11-30-6-4-22(12-23(26,27)13-22)8-18(30)15-9-29-31(10-15)21(24)25/h3,5,7,9-10,18,21,28H,4,6,8,11-13H2,1-2H3. The summed E-state index contributed by atoms with van der Waals surface area (Å²) in [7, 11) is 1.63. The molecule has 1 aromatic carbocycles. The Morgan fingerprint density at radius 1 is 1.31 bits per heavy atom. The molecule has 1 aliphatic heterocycles. The molecule has 2 fully saturated rings. The molecule has 2 aliphatic rings. The number of ether oxygens (including phenoxy) is 1. The van der Waals surface area contributed by atoms with Crippen LogP contribution in [0.4, 0.5) is 17.6 Å². The van der Waals surface area contributed by atoms with Crippen LogP contribution in [0.3, 0.4) is 0 Å². The van der Waals surface area contributed by atoms with E-state index in [2.05, 4.69) is 15.0 Å². The van der Waals surface area contributed by atoms with Gasteiger partial charge in [-0.05, 0) is 49.4 Å². The minimum Gasteiger partial charge on any atom is -0.496 e. The van der Waals surface area contributed by atoms with Crippen LogP contribution in [0.2, 0.25) is 0 Å². The molecule has 1 atom stereocenters. The van der Waals surface area contributed by atoms with Gasteiger partial charge >= 0.3 is 6.55 Å². The molecule has 1 spiro atoms. The Kier molecular flexibility index (Phi) is 5.00. The second-order valence-corrected chi connectivity index (χ2v) is 9.32. The summed E-state index contributed by atoms with van der Waals surface area (Å²) in [5.74, 6) is -1.87. The smallest absolute Gasteiger partial charge is 0.333 e. The van der Waals surface area contributed by atoms with Crippen molar-refractivity contribution in [1.29, 1.82) is 0 Å². The first-order valence-corrected chi connectivity index (χ1v) is 10.8. The number of aromatic amines is 1. The van der Waals surface area contributed by atoms with Crippen molar-refractivity contribution in [3.05, 3.63) is 47.4 Å². The molecule has 3 heterocycles. The van der Waals surface area contributed by atoms with Crippen molar-refractivity contribution in [2.45, 2.75) is 57.7 Å². The quantitative estimate of drug-likeness (QED) is 0.498. The third-order valence-electron chi connectivity index (χ3n) is 7.16. The topological polar surface area (TPSA) is 46.1 Å². The van der Waals surface area contributed by atoms with Crippen molar-refractivity contribution < 1.29 is 22.3 Å². The van der Waals surface area contributed by atoms with Crippen molar-refractivity contribution >= 4 is 10.9 Å². The number of hydrogen-bond donors (Lipinski definition) is 1. The summed E-state index contributed by atoms with van der Waals surface area (Å²) in [6, 6.07) is 3.71. The largest absolute Gasteiger partial charge is 0.496 e. The number of fused-ring (bicyclic) bond motifs is 1. The van der Waals surface area contributed by atoms with E-state index in [4.69, 9.17) is 4.74 Å². The number of aromatic nitrogens is 3. The minimum absolute atomic E-state index is 0.136. The zero-order valence-corrected chi connectivity index (χ0v) is 18.0. The number of piperidine rings is 1. The molecule has 2 aromatic heterocycles. The van der Waals surface area contributed by atoms with E-state index >= 15 is 0 Å². The normalized spacial score (nSPS) is 22.5. The summed E-state index contributed by atoms with van der Waals surface area (Å²) in [4.78, 5) is 5.45. The van der Waals surface area contributed by atoms with Gasteiger partial charge in [0.05, 0.1) is 13.3 Å². The highest BCUT2D eigenvalue weighted by Gasteiger charge is 2.58.